The normalized spacial score (nSPS) is 19.7. The lowest BCUT2D eigenvalue weighted by Gasteiger charge is -2.03. The molecule has 0 saturated heterocycles. The third kappa shape index (κ3) is 2.10. The Morgan fingerprint density at radius 1 is 1.36 bits per heavy atom. The molecule has 3 aromatic rings. The van der Waals surface area contributed by atoms with Gasteiger partial charge in [0.05, 0.1) is 11.0 Å². The summed E-state index contributed by atoms with van der Waals surface area (Å²) in [6, 6.07) is 6.97. The topological polar surface area (TPSA) is 46.5 Å². The first-order valence-corrected chi connectivity index (χ1v) is 7.49. The molecule has 6 heteroatoms. The van der Waals surface area contributed by atoms with E-state index in [9.17, 15) is 8.78 Å². The molecule has 4 rings (SSSR count). The predicted octanol–water partition coefficient (Wildman–Crippen LogP) is 3.96. The number of H-pyrrole nitrogens is 1. The number of hydrogen-bond donors (Lipinski definition) is 1. The molecule has 0 radical (unpaired) electrons. The van der Waals surface area contributed by atoms with Crippen molar-refractivity contribution in [1.82, 2.24) is 19.7 Å². The summed E-state index contributed by atoms with van der Waals surface area (Å²) in [5.74, 6) is -2.06. The second kappa shape index (κ2) is 4.63. The van der Waals surface area contributed by atoms with Gasteiger partial charge in [0.25, 0.3) is 5.92 Å². The minimum Gasteiger partial charge on any atom is -0.337 e. The molecule has 2 aromatic heterocycles. The highest BCUT2D eigenvalue weighted by atomic mass is 19.3. The van der Waals surface area contributed by atoms with E-state index < -0.39 is 12.0 Å². The third-order valence-electron chi connectivity index (χ3n) is 4.09. The fourth-order valence-corrected chi connectivity index (χ4v) is 2.84. The van der Waals surface area contributed by atoms with E-state index in [2.05, 4.69) is 34.1 Å². The molecule has 114 valence electrons. The zero-order valence-electron chi connectivity index (χ0n) is 12.2. The Bertz CT molecular complexity index is 834. The van der Waals surface area contributed by atoms with E-state index >= 15 is 0 Å². The fraction of sp³-hybridized carbons (Fsp3) is 0.375. The molecule has 0 amide bonds. The highest BCUT2D eigenvalue weighted by Crippen LogP contribution is 2.53. The Kier molecular flexibility index (Phi) is 2.82. The number of aromatic nitrogens is 4. The van der Waals surface area contributed by atoms with Crippen LogP contribution in [0.5, 0.6) is 0 Å². The van der Waals surface area contributed by atoms with E-state index in [-0.39, 0.29) is 6.42 Å². The van der Waals surface area contributed by atoms with Gasteiger partial charge in [-0.1, -0.05) is 19.4 Å². The first kappa shape index (κ1) is 13.4. The number of alkyl halides is 2. The lowest BCUT2D eigenvalue weighted by Crippen LogP contribution is -2.06. The van der Waals surface area contributed by atoms with Gasteiger partial charge < -0.3 is 4.98 Å². The predicted molar refractivity (Wildman–Crippen MR) is 79.9 cm³/mol. The summed E-state index contributed by atoms with van der Waals surface area (Å²) in [7, 11) is 0. The third-order valence-corrected chi connectivity index (χ3v) is 4.09. The Hall–Kier alpha value is -2.24. The van der Waals surface area contributed by atoms with Crippen molar-refractivity contribution < 1.29 is 8.78 Å². The number of aryl methyl sites for hydroxylation is 1. The summed E-state index contributed by atoms with van der Waals surface area (Å²) in [6.07, 6.45) is 3.48. The largest absolute Gasteiger partial charge is 0.337 e. The van der Waals surface area contributed by atoms with E-state index in [1.807, 2.05) is 6.07 Å². The smallest absolute Gasteiger partial charge is 0.272 e. The highest BCUT2D eigenvalue weighted by molar-refractivity contribution is 5.79. The van der Waals surface area contributed by atoms with Crippen LogP contribution < -0.4 is 0 Å². The van der Waals surface area contributed by atoms with Crippen LogP contribution in [0.25, 0.3) is 22.6 Å². The van der Waals surface area contributed by atoms with Crippen molar-refractivity contribution in [3.63, 3.8) is 0 Å². The van der Waals surface area contributed by atoms with E-state index in [1.54, 1.807) is 12.3 Å². The number of nitrogens with zero attached hydrogens (tertiary/aromatic N) is 3. The number of benzene rings is 1. The van der Waals surface area contributed by atoms with Crippen molar-refractivity contribution in [3.8, 4) is 11.5 Å². The first-order valence-electron chi connectivity index (χ1n) is 7.49. The highest BCUT2D eigenvalue weighted by Gasteiger charge is 2.59. The summed E-state index contributed by atoms with van der Waals surface area (Å²) >= 11 is 0. The molecule has 1 N–H and O–H groups in total. The van der Waals surface area contributed by atoms with Crippen molar-refractivity contribution in [2.45, 2.75) is 38.2 Å². The zero-order chi connectivity index (χ0) is 15.3. The van der Waals surface area contributed by atoms with Crippen LogP contribution in [0.2, 0.25) is 0 Å². The summed E-state index contributed by atoms with van der Waals surface area (Å²) in [6.45, 7) is 2.14. The Balaban J connectivity index is 1.74. The molecule has 0 spiro atoms. The molecule has 1 aliphatic rings. The van der Waals surface area contributed by atoms with E-state index in [0.29, 0.717) is 11.5 Å². The van der Waals surface area contributed by atoms with Gasteiger partial charge in [-0.05, 0) is 30.2 Å². The maximum absolute atomic E-state index is 13.3. The van der Waals surface area contributed by atoms with Crippen LogP contribution >= 0.6 is 0 Å². The summed E-state index contributed by atoms with van der Waals surface area (Å²) in [5, 5.41) is 4.04. The van der Waals surface area contributed by atoms with E-state index in [0.717, 1.165) is 23.9 Å². The van der Waals surface area contributed by atoms with Crippen LogP contribution in [0, 0.1) is 0 Å². The van der Waals surface area contributed by atoms with Crippen LogP contribution in [-0.4, -0.2) is 25.7 Å². The molecular weight excluding hydrogens is 286 g/mol. The fourth-order valence-electron chi connectivity index (χ4n) is 2.84. The van der Waals surface area contributed by atoms with Crippen molar-refractivity contribution in [2.75, 3.05) is 0 Å². The molecule has 0 aliphatic heterocycles. The van der Waals surface area contributed by atoms with Crippen molar-refractivity contribution in [2.24, 2.45) is 0 Å². The lowest BCUT2D eigenvalue weighted by atomic mass is 10.1. The van der Waals surface area contributed by atoms with Crippen molar-refractivity contribution in [3.05, 3.63) is 36.0 Å². The number of imidazole rings is 1. The van der Waals surface area contributed by atoms with Crippen LogP contribution in [0.3, 0.4) is 0 Å². The summed E-state index contributed by atoms with van der Waals surface area (Å²) in [4.78, 5) is 7.74. The Labute approximate surface area is 126 Å². The van der Waals surface area contributed by atoms with Crippen LogP contribution in [0.15, 0.2) is 30.5 Å². The monoisotopic (exact) mass is 302 g/mol. The van der Waals surface area contributed by atoms with Crippen LogP contribution in [-0.2, 0) is 6.42 Å². The average Bonchev–Trinajstić information content (AvgIpc) is 2.88. The summed E-state index contributed by atoms with van der Waals surface area (Å²) in [5.41, 5.74) is 3.62. The summed E-state index contributed by atoms with van der Waals surface area (Å²) < 4.78 is 28.0. The molecule has 1 aliphatic carbocycles. The second-order valence-electron chi connectivity index (χ2n) is 5.83. The lowest BCUT2D eigenvalue weighted by molar-refractivity contribution is 0.0986. The van der Waals surface area contributed by atoms with Gasteiger partial charge in [-0.2, -0.15) is 5.10 Å². The second-order valence-corrected chi connectivity index (χ2v) is 5.83. The Morgan fingerprint density at radius 2 is 2.18 bits per heavy atom. The molecule has 1 aromatic carbocycles. The molecular formula is C16H16F2N4. The molecule has 1 fully saturated rings. The maximum atomic E-state index is 13.3. The van der Waals surface area contributed by atoms with Crippen LogP contribution in [0.1, 0.15) is 31.4 Å². The van der Waals surface area contributed by atoms with Gasteiger partial charge in [-0.25, -0.2) is 13.8 Å². The SMILES string of the molecule is CCCc1ccc2nc(-c3ccnn3C3CC3(F)F)[nH]c2c1. The molecule has 22 heavy (non-hydrogen) atoms. The van der Waals surface area contributed by atoms with E-state index in [1.165, 1.54) is 10.2 Å². The maximum Gasteiger partial charge on any atom is 0.272 e. The number of fused-ring (bicyclic) bond motifs is 1. The first-order chi connectivity index (χ1) is 10.6. The quantitative estimate of drug-likeness (QED) is 0.793. The van der Waals surface area contributed by atoms with E-state index in [4.69, 9.17) is 0 Å². The number of nitrogens with one attached hydrogen (secondary N) is 1. The number of halogens is 2. The van der Waals surface area contributed by atoms with Gasteiger partial charge in [0.2, 0.25) is 0 Å². The Morgan fingerprint density at radius 3 is 2.91 bits per heavy atom. The minimum absolute atomic E-state index is 0.150. The molecule has 2 heterocycles. The van der Waals surface area contributed by atoms with Crippen LogP contribution in [0.4, 0.5) is 8.78 Å². The molecule has 4 nitrogen and oxygen atoms in total. The van der Waals surface area contributed by atoms with Crippen molar-refractivity contribution in [1.29, 1.82) is 0 Å². The van der Waals surface area contributed by atoms with Gasteiger partial charge in [-0.15, -0.1) is 0 Å². The number of hydrogen-bond acceptors (Lipinski definition) is 2. The van der Waals surface area contributed by atoms with Gasteiger partial charge >= 0.3 is 0 Å². The molecule has 1 atom stereocenters. The van der Waals surface area contributed by atoms with Crippen molar-refractivity contribution >= 4 is 11.0 Å². The standard InChI is InChI=1S/C16H16F2N4/c1-2-3-10-4-5-11-12(8-10)21-15(20-11)13-6-7-19-22(13)14-9-16(14,17)18/h4-8,14H,2-3,9H2,1H3,(H,20,21). The zero-order valence-corrected chi connectivity index (χ0v) is 12.2. The molecule has 1 saturated carbocycles. The average molecular weight is 302 g/mol. The van der Waals surface area contributed by atoms with Gasteiger partial charge in [0.15, 0.2) is 5.82 Å². The molecule has 0 bridgehead atoms. The molecule has 1 unspecified atom stereocenters. The van der Waals surface area contributed by atoms with Gasteiger partial charge in [-0.3, -0.25) is 4.68 Å². The van der Waals surface area contributed by atoms with Gasteiger partial charge in [0, 0.05) is 12.6 Å². The minimum atomic E-state index is -2.65. The number of rotatable bonds is 4. The number of aromatic amines is 1. The van der Waals surface area contributed by atoms with Gasteiger partial charge in [0.1, 0.15) is 11.7 Å².